The Bertz CT molecular complexity index is 939. The van der Waals surface area contributed by atoms with Gasteiger partial charge in [-0.15, -0.1) is 0 Å². The van der Waals surface area contributed by atoms with Gasteiger partial charge in [0.15, 0.2) is 0 Å². The van der Waals surface area contributed by atoms with E-state index >= 15 is 0 Å². The van der Waals surface area contributed by atoms with Crippen LogP contribution in [-0.2, 0) is 6.54 Å². The van der Waals surface area contributed by atoms with E-state index in [0.717, 1.165) is 37.2 Å². The van der Waals surface area contributed by atoms with Crippen LogP contribution in [0, 0.1) is 6.92 Å². The smallest absolute Gasteiger partial charge is 0.250 e. The van der Waals surface area contributed by atoms with Gasteiger partial charge in [-0.2, -0.15) is 0 Å². The van der Waals surface area contributed by atoms with E-state index in [4.69, 9.17) is 0 Å². The first kappa shape index (κ1) is 19.1. The summed E-state index contributed by atoms with van der Waals surface area (Å²) in [7, 11) is 0. The number of hydrogen-bond donors (Lipinski definition) is 1. The molecule has 4 heteroatoms. The molecule has 0 radical (unpaired) electrons. The second-order valence-corrected chi connectivity index (χ2v) is 6.91. The molecular formula is C23H26N2O2. The highest BCUT2D eigenvalue weighted by atomic mass is 16.2. The molecule has 27 heavy (non-hydrogen) atoms. The zero-order valence-corrected chi connectivity index (χ0v) is 16.0. The fourth-order valence-electron chi connectivity index (χ4n) is 3.26. The molecule has 0 aliphatic heterocycles. The predicted octanol–water partition coefficient (Wildman–Crippen LogP) is 3.58. The Morgan fingerprint density at radius 3 is 2.30 bits per heavy atom. The van der Waals surface area contributed by atoms with Crippen molar-refractivity contribution in [3.63, 3.8) is 0 Å². The number of benzene rings is 2. The van der Waals surface area contributed by atoms with E-state index in [0.29, 0.717) is 17.8 Å². The van der Waals surface area contributed by atoms with Crippen molar-refractivity contribution in [1.82, 2.24) is 4.90 Å². The van der Waals surface area contributed by atoms with Gasteiger partial charge >= 0.3 is 0 Å². The van der Waals surface area contributed by atoms with E-state index in [2.05, 4.69) is 41.4 Å². The first-order chi connectivity index (χ1) is 13.1. The molecule has 1 N–H and O–H groups in total. The molecule has 0 heterocycles. The van der Waals surface area contributed by atoms with Crippen LogP contribution in [0.1, 0.15) is 24.5 Å². The molecule has 3 aromatic rings. The van der Waals surface area contributed by atoms with Crippen LogP contribution in [-0.4, -0.2) is 24.5 Å². The Kier molecular flexibility index (Phi) is 6.20. The highest BCUT2D eigenvalue weighted by Gasteiger charge is 2.21. The van der Waals surface area contributed by atoms with Gasteiger partial charge in [-0.05, 0) is 31.0 Å². The molecule has 3 rings (SSSR count). The summed E-state index contributed by atoms with van der Waals surface area (Å²) in [5.74, 6) is 0. The van der Waals surface area contributed by atoms with E-state index in [1.54, 1.807) is 0 Å². The monoisotopic (exact) mass is 362 g/mol. The maximum Gasteiger partial charge on any atom is 0.250 e. The van der Waals surface area contributed by atoms with Gasteiger partial charge in [-0.25, -0.2) is 0 Å². The zero-order chi connectivity index (χ0) is 19.2. The van der Waals surface area contributed by atoms with Crippen LogP contribution in [0.2, 0.25) is 0 Å². The van der Waals surface area contributed by atoms with Crippen LogP contribution in [0.15, 0.2) is 64.2 Å². The maximum atomic E-state index is 12.0. The maximum absolute atomic E-state index is 12.0. The quantitative estimate of drug-likeness (QED) is 0.467. The summed E-state index contributed by atoms with van der Waals surface area (Å²) in [4.78, 5) is 26.3. The molecule has 0 amide bonds. The molecule has 0 bridgehead atoms. The van der Waals surface area contributed by atoms with Crippen LogP contribution in [0.5, 0.6) is 0 Å². The summed E-state index contributed by atoms with van der Waals surface area (Å²) in [6.07, 6.45) is 0.910. The molecule has 0 saturated heterocycles. The lowest BCUT2D eigenvalue weighted by Gasteiger charge is -2.21. The topological polar surface area (TPSA) is 49.4 Å². The molecule has 0 atom stereocenters. The van der Waals surface area contributed by atoms with Gasteiger partial charge in [0.25, 0.3) is 0 Å². The van der Waals surface area contributed by atoms with E-state index in [9.17, 15) is 9.59 Å². The van der Waals surface area contributed by atoms with E-state index in [-0.39, 0.29) is 5.43 Å². The standard InChI is InChI=1S/C23H26N2O2/c1-3-25(16-18-8-5-4-6-9-18)15-7-14-24-21-20(22(26)23(21)27)19-12-10-17(2)11-13-19/h4-6,8-13,24H,3,7,14-16H2,1-2H3. The molecule has 0 aliphatic rings. The Balaban J connectivity index is 1.55. The molecule has 0 unspecified atom stereocenters. The van der Waals surface area contributed by atoms with E-state index in [1.807, 2.05) is 37.3 Å². The molecule has 3 aromatic carbocycles. The molecule has 0 saturated carbocycles. The minimum absolute atomic E-state index is 0.388. The first-order valence-electron chi connectivity index (χ1n) is 9.50. The van der Waals surface area contributed by atoms with Gasteiger partial charge in [-0.3, -0.25) is 14.5 Å². The van der Waals surface area contributed by atoms with Gasteiger partial charge in [-0.1, -0.05) is 67.1 Å². The molecule has 0 fully saturated rings. The third-order valence-electron chi connectivity index (χ3n) is 4.90. The number of anilines is 1. The minimum atomic E-state index is -0.401. The van der Waals surface area contributed by atoms with Gasteiger partial charge in [0.2, 0.25) is 10.9 Å². The van der Waals surface area contributed by atoms with Gasteiger partial charge in [0.1, 0.15) is 0 Å². The molecule has 4 nitrogen and oxygen atoms in total. The van der Waals surface area contributed by atoms with Crippen molar-refractivity contribution >= 4 is 5.69 Å². The molecule has 0 aliphatic carbocycles. The zero-order valence-electron chi connectivity index (χ0n) is 16.0. The van der Waals surface area contributed by atoms with Crippen molar-refractivity contribution in [2.75, 3.05) is 25.0 Å². The lowest BCUT2D eigenvalue weighted by molar-refractivity contribution is 0.279. The number of nitrogens with one attached hydrogen (secondary N) is 1. The normalized spacial score (nSPS) is 11.2. The number of nitrogens with zero attached hydrogens (tertiary/aromatic N) is 1. The summed E-state index contributed by atoms with van der Waals surface area (Å²) in [6.45, 7) is 7.67. The average Bonchev–Trinajstić information content (AvgIpc) is 2.70. The fourth-order valence-corrected chi connectivity index (χ4v) is 3.26. The second-order valence-electron chi connectivity index (χ2n) is 6.91. The van der Waals surface area contributed by atoms with Crippen LogP contribution in [0.4, 0.5) is 5.69 Å². The second kappa shape index (κ2) is 8.78. The summed E-state index contributed by atoms with van der Waals surface area (Å²) in [5, 5.41) is 3.19. The first-order valence-corrected chi connectivity index (χ1v) is 9.50. The van der Waals surface area contributed by atoms with Gasteiger partial charge in [0, 0.05) is 19.6 Å². The van der Waals surface area contributed by atoms with Crippen LogP contribution < -0.4 is 16.2 Å². The van der Waals surface area contributed by atoms with Crippen molar-refractivity contribution in [3.8, 4) is 11.1 Å². The summed E-state index contributed by atoms with van der Waals surface area (Å²) in [5.41, 5.74) is 3.45. The predicted molar refractivity (Wildman–Crippen MR) is 112 cm³/mol. The Morgan fingerprint density at radius 2 is 1.63 bits per heavy atom. The number of rotatable bonds is 9. The third-order valence-corrected chi connectivity index (χ3v) is 4.90. The molecule has 0 spiro atoms. The lowest BCUT2D eigenvalue weighted by Crippen LogP contribution is -2.36. The van der Waals surface area contributed by atoms with Crippen molar-refractivity contribution in [3.05, 3.63) is 86.2 Å². The SMILES string of the molecule is CCN(CCCNc1c(-c2ccc(C)cc2)c(=O)c1=O)Cc1ccccc1. The third kappa shape index (κ3) is 4.52. The highest BCUT2D eigenvalue weighted by molar-refractivity contribution is 5.81. The fraction of sp³-hybridized carbons (Fsp3) is 0.304. The summed E-state index contributed by atoms with van der Waals surface area (Å²) < 4.78 is 0. The van der Waals surface area contributed by atoms with Crippen molar-refractivity contribution in [2.24, 2.45) is 0 Å². The molecule has 0 aromatic heterocycles. The van der Waals surface area contributed by atoms with Gasteiger partial charge in [0.05, 0.1) is 11.3 Å². The molecular weight excluding hydrogens is 336 g/mol. The molecule has 140 valence electrons. The van der Waals surface area contributed by atoms with Gasteiger partial charge < -0.3 is 5.32 Å². The summed E-state index contributed by atoms with van der Waals surface area (Å²) in [6, 6.07) is 18.1. The van der Waals surface area contributed by atoms with Crippen LogP contribution in [0.3, 0.4) is 0 Å². The number of aryl methyl sites for hydroxylation is 1. The Labute approximate surface area is 160 Å². The Morgan fingerprint density at radius 1 is 0.926 bits per heavy atom. The van der Waals surface area contributed by atoms with Crippen LogP contribution >= 0.6 is 0 Å². The van der Waals surface area contributed by atoms with Crippen LogP contribution in [0.25, 0.3) is 11.1 Å². The minimum Gasteiger partial charge on any atom is -0.381 e. The Hall–Kier alpha value is -2.72. The van der Waals surface area contributed by atoms with E-state index < -0.39 is 5.43 Å². The highest BCUT2D eigenvalue weighted by Crippen LogP contribution is 2.23. The summed E-state index contributed by atoms with van der Waals surface area (Å²) >= 11 is 0. The number of hydrogen-bond acceptors (Lipinski definition) is 4. The largest absolute Gasteiger partial charge is 0.381 e. The van der Waals surface area contributed by atoms with Crippen molar-refractivity contribution in [2.45, 2.75) is 26.8 Å². The van der Waals surface area contributed by atoms with Crippen molar-refractivity contribution < 1.29 is 0 Å². The lowest BCUT2D eigenvalue weighted by atomic mass is 9.97. The average molecular weight is 362 g/mol. The van der Waals surface area contributed by atoms with Crippen molar-refractivity contribution in [1.29, 1.82) is 0 Å². The van der Waals surface area contributed by atoms with E-state index in [1.165, 1.54) is 5.56 Å².